The van der Waals surface area contributed by atoms with Crippen molar-refractivity contribution in [2.24, 2.45) is 11.1 Å². The van der Waals surface area contributed by atoms with E-state index in [-0.39, 0.29) is 5.82 Å². The summed E-state index contributed by atoms with van der Waals surface area (Å²) in [5.41, 5.74) is 7.87. The van der Waals surface area contributed by atoms with E-state index < -0.39 is 0 Å². The standard InChI is InChI=1S/C17H27FN2/c1-17(2)10-7-13(8-11-17)20(3)16-6-4-5-15(18)14(16)9-12-19/h4-6,13H,7-12,19H2,1-3H3. The lowest BCUT2D eigenvalue weighted by Crippen LogP contribution is -2.37. The summed E-state index contributed by atoms with van der Waals surface area (Å²) >= 11 is 0. The number of nitrogens with zero attached hydrogens (tertiary/aromatic N) is 1. The lowest BCUT2D eigenvalue weighted by atomic mass is 9.75. The largest absolute Gasteiger partial charge is 0.371 e. The number of rotatable bonds is 4. The molecule has 1 aliphatic carbocycles. The normalized spacial score (nSPS) is 19.1. The van der Waals surface area contributed by atoms with Gasteiger partial charge in [0.2, 0.25) is 0 Å². The lowest BCUT2D eigenvalue weighted by molar-refractivity contribution is 0.222. The highest BCUT2D eigenvalue weighted by Crippen LogP contribution is 2.38. The predicted octanol–water partition coefficient (Wildman–Crippen LogP) is 3.73. The van der Waals surface area contributed by atoms with Crippen LogP contribution in [-0.2, 0) is 6.42 Å². The van der Waals surface area contributed by atoms with Crippen LogP contribution in [0, 0.1) is 11.2 Å². The zero-order valence-electron chi connectivity index (χ0n) is 13.0. The van der Waals surface area contributed by atoms with Gasteiger partial charge in [-0.2, -0.15) is 0 Å². The summed E-state index contributed by atoms with van der Waals surface area (Å²) in [6.07, 6.45) is 5.45. The average Bonchev–Trinajstić information content (AvgIpc) is 2.40. The van der Waals surface area contributed by atoms with Gasteiger partial charge in [-0.1, -0.05) is 19.9 Å². The van der Waals surface area contributed by atoms with Crippen molar-refractivity contribution in [1.29, 1.82) is 0 Å². The number of hydrogen-bond acceptors (Lipinski definition) is 2. The molecule has 2 nitrogen and oxygen atoms in total. The number of anilines is 1. The molecule has 0 saturated heterocycles. The van der Waals surface area contributed by atoms with Crippen LogP contribution in [0.5, 0.6) is 0 Å². The average molecular weight is 278 g/mol. The molecule has 1 aromatic rings. The van der Waals surface area contributed by atoms with Gasteiger partial charge in [0.1, 0.15) is 5.82 Å². The third kappa shape index (κ3) is 3.32. The minimum absolute atomic E-state index is 0.129. The molecule has 1 aliphatic rings. The van der Waals surface area contributed by atoms with Gasteiger partial charge in [0, 0.05) is 24.3 Å². The van der Waals surface area contributed by atoms with Gasteiger partial charge in [0.25, 0.3) is 0 Å². The third-order valence-electron chi connectivity index (χ3n) is 4.72. The highest BCUT2D eigenvalue weighted by Gasteiger charge is 2.29. The zero-order chi connectivity index (χ0) is 14.8. The molecule has 0 atom stereocenters. The van der Waals surface area contributed by atoms with Crippen LogP contribution in [0.15, 0.2) is 18.2 Å². The van der Waals surface area contributed by atoms with Gasteiger partial charge in [-0.15, -0.1) is 0 Å². The summed E-state index contributed by atoms with van der Waals surface area (Å²) in [5.74, 6) is -0.129. The Kier molecular flexibility index (Phi) is 4.69. The number of nitrogens with two attached hydrogens (primary N) is 1. The van der Waals surface area contributed by atoms with E-state index in [4.69, 9.17) is 5.73 Å². The lowest BCUT2D eigenvalue weighted by Gasteiger charge is -2.40. The molecule has 0 unspecified atom stereocenters. The molecule has 20 heavy (non-hydrogen) atoms. The predicted molar refractivity (Wildman–Crippen MR) is 83.6 cm³/mol. The Hall–Kier alpha value is -1.09. The van der Waals surface area contributed by atoms with Crippen LogP contribution in [-0.4, -0.2) is 19.6 Å². The maximum Gasteiger partial charge on any atom is 0.128 e. The number of hydrogen-bond donors (Lipinski definition) is 1. The van der Waals surface area contributed by atoms with E-state index in [9.17, 15) is 4.39 Å². The van der Waals surface area contributed by atoms with Crippen LogP contribution in [0.2, 0.25) is 0 Å². The van der Waals surface area contributed by atoms with E-state index in [0.29, 0.717) is 24.4 Å². The summed E-state index contributed by atoms with van der Waals surface area (Å²) in [6, 6.07) is 5.87. The van der Waals surface area contributed by atoms with Crippen LogP contribution in [0.25, 0.3) is 0 Å². The van der Waals surface area contributed by atoms with E-state index in [1.165, 1.54) is 31.7 Å². The molecule has 2 rings (SSSR count). The van der Waals surface area contributed by atoms with Crippen molar-refractivity contribution in [3.63, 3.8) is 0 Å². The molecule has 2 N–H and O–H groups in total. The minimum Gasteiger partial charge on any atom is -0.371 e. The fourth-order valence-corrected chi connectivity index (χ4v) is 3.24. The van der Waals surface area contributed by atoms with E-state index in [1.54, 1.807) is 6.07 Å². The van der Waals surface area contributed by atoms with Gasteiger partial charge < -0.3 is 10.6 Å². The molecule has 0 aliphatic heterocycles. The maximum atomic E-state index is 14.0. The monoisotopic (exact) mass is 278 g/mol. The molecule has 112 valence electrons. The fraction of sp³-hybridized carbons (Fsp3) is 0.647. The van der Waals surface area contributed by atoms with Gasteiger partial charge in [-0.25, -0.2) is 4.39 Å². The van der Waals surface area contributed by atoms with Crippen molar-refractivity contribution >= 4 is 5.69 Å². The van der Waals surface area contributed by atoms with Gasteiger partial charge >= 0.3 is 0 Å². The molecule has 1 saturated carbocycles. The van der Waals surface area contributed by atoms with Crippen LogP contribution >= 0.6 is 0 Å². The smallest absolute Gasteiger partial charge is 0.128 e. The van der Waals surface area contributed by atoms with Crippen molar-refractivity contribution in [2.45, 2.75) is 52.0 Å². The topological polar surface area (TPSA) is 29.3 Å². The Morgan fingerprint density at radius 3 is 2.55 bits per heavy atom. The molecule has 0 heterocycles. The fourth-order valence-electron chi connectivity index (χ4n) is 3.24. The third-order valence-corrected chi connectivity index (χ3v) is 4.72. The Bertz CT molecular complexity index is 446. The molecule has 0 aromatic heterocycles. The number of halogens is 1. The first-order valence-electron chi connectivity index (χ1n) is 7.65. The van der Waals surface area contributed by atoms with Crippen LogP contribution in [0.3, 0.4) is 0 Å². The molecule has 1 aromatic carbocycles. The highest BCUT2D eigenvalue weighted by atomic mass is 19.1. The van der Waals surface area contributed by atoms with Crippen LogP contribution < -0.4 is 10.6 Å². The summed E-state index contributed by atoms with van der Waals surface area (Å²) in [6.45, 7) is 5.16. The number of benzene rings is 1. The highest BCUT2D eigenvalue weighted by molar-refractivity contribution is 5.54. The zero-order valence-corrected chi connectivity index (χ0v) is 13.0. The second-order valence-electron chi connectivity index (χ2n) is 6.78. The Morgan fingerprint density at radius 1 is 1.30 bits per heavy atom. The second-order valence-corrected chi connectivity index (χ2v) is 6.78. The van der Waals surface area contributed by atoms with Crippen molar-refractivity contribution in [2.75, 3.05) is 18.5 Å². The van der Waals surface area contributed by atoms with Gasteiger partial charge in [0.15, 0.2) is 0 Å². The molecule has 1 fully saturated rings. The minimum atomic E-state index is -0.129. The molecule has 3 heteroatoms. The van der Waals surface area contributed by atoms with Crippen molar-refractivity contribution < 1.29 is 4.39 Å². The van der Waals surface area contributed by atoms with E-state index in [2.05, 4.69) is 25.8 Å². The molecule has 0 radical (unpaired) electrons. The van der Waals surface area contributed by atoms with Crippen molar-refractivity contribution in [3.8, 4) is 0 Å². The van der Waals surface area contributed by atoms with Gasteiger partial charge in [-0.3, -0.25) is 0 Å². The van der Waals surface area contributed by atoms with Gasteiger partial charge in [0.05, 0.1) is 0 Å². The van der Waals surface area contributed by atoms with Crippen LogP contribution in [0.4, 0.5) is 10.1 Å². The van der Waals surface area contributed by atoms with Crippen molar-refractivity contribution in [3.05, 3.63) is 29.6 Å². The first-order chi connectivity index (χ1) is 9.44. The van der Waals surface area contributed by atoms with Gasteiger partial charge in [-0.05, 0) is 56.2 Å². The van der Waals surface area contributed by atoms with E-state index in [1.807, 2.05) is 6.07 Å². The summed E-state index contributed by atoms with van der Waals surface area (Å²) < 4.78 is 14.0. The molecular formula is C17H27FN2. The molecule has 0 spiro atoms. The summed E-state index contributed by atoms with van der Waals surface area (Å²) in [5, 5.41) is 0. The molecule has 0 amide bonds. The first kappa shape index (κ1) is 15.3. The summed E-state index contributed by atoms with van der Waals surface area (Å²) in [7, 11) is 2.10. The maximum absolute atomic E-state index is 14.0. The summed E-state index contributed by atoms with van der Waals surface area (Å²) in [4.78, 5) is 2.27. The Labute approximate surface area is 122 Å². The quantitative estimate of drug-likeness (QED) is 0.909. The molecule has 0 bridgehead atoms. The molecular weight excluding hydrogens is 251 g/mol. The first-order valence-corrected chi connectivity index (χ1v) is 7.65. The second kappa shape index (κ2) is 6.13. The van der Waals surface area contributed by atoms with Crippen LogP contribution in [0.1, 0.15) is 45.1 Å². The Morgan fingerprint density at radius 2 is 1.95 bits per heavy atom. The SMILES string of the molecule is CN(c1cccc(F)c1CCN)C1CCC(C)(C)CC1. The van der Waals surface area contributed by atoms with E-state index in [0.717, 1.165) is 11.3 Å². The van der Waals surface area contributed by atoms with E-state index >= 15 is 0 Å². The van der Waals surface area contributed by atoms with Crippen molar-refractivity contribution in [1.82, 2.24) is 0 Å². The Balaban J connectivity index is 2.17.